The normalized spacial score (nSPS) is 15.5. The molecule has 3 rings (SSSR count). The number of anilines is 2. The molecule has 1 saturated heterocycles. The maximum absolute atomic E-state index is 12.6. The number of para-hydroxylation sites is 1. The quantitative estimate of drug-likeness (QED) is 0.255. The van der Waals surface area contributed by atoms with Crippen LogP contribution in [0.3, 0.4) is 0 Å². The second-order valence-electron chi connectivity index (χ2n) is 8.90. The Morgan fingerprint density at radius 3 is 2.66 bits per heavy atom. The van der Waals surface area contributed by atoms with Crippen LogP contribution in [0.5, 0.6) is 5.75 Å². The van der Waals surface area contributed by atoms with Gasteiger partial charge in [-0.1, -0.05) is 42.6 Å². The Kier molecular flexibility index (Phi) is 10.5. The monoisotopic (exact) mass is 501 g/mol. The lowest BCUT2D eigenvalue weighted by Crippen LogP contribution is -2.31. The number of likely N-dealkylation sites (tertiary alicyclic amines) is 1. The van der Waals surface area contributed by atoms with Crippen molar-refractivity contribution < 1.29 is 14.3 Å². The number of methoxy groups -OCH3 is 1. The standard InChI is InChI=1S/C26H36ClN5O3/c1-35-24-16-23(28)22(27)15-21(24)25(33)30-17-19-11-14-32(18-19)13-8-3-2-7-12-29-26(34)31-20-9-5-4-6-10-20/h4-6,9-10,15-16,19H,2-3,7-8,11-14,17-18,28H2,1H3,(H,30,33)(H2,29,31,34)/t19-/m0/s1. The van der Waals surface area contributed by atoms with Gasteiger partial charge in [0.25, 0.3) is 5.91 Å². The molecule has 0 aromatic heterocycles. The molecule has 0 spiro atoms. The van der Waals surface area contributed by atoms with E-state index in [1.165, 1.54) is 7.11 Å². The minimum absolute atomic E-state index is 0.163. The molecule has 2 aromatic carbocycles. The summed E-state index contributed by atoms with van der Waals surface area (Å²) in [5, 5.41) is 9.08. The largest absolute Gasteiger partial charge is 0.496 e. The van der Waals surface area contributed by atoms with Crippen LogP contribution in [0.2, 0.25) is 5.02 Å². The number of ether oxygens (including phenoxy) is 1. The number of unbranched alkanes of at least 4 members (excludes halogenated alkanes) is 3. The highest BCUT2D eigenvalue weighted by molar-refractivity contribution is 6.33. The molecule has 3 amide bonds. The summed E-state index contributed by atoms with van der Waals surface area (Å²) in [6, 6.07) is 12.4. The third kappa shape index (κ3) is 8.64. The van der Waals surface area contributed by atoms with Gasteiger partial charge in [0.15, 0.2) is 0 Å². The first-order valence-electron chi connectivity index (χ1n) is 12.2. The van der Waals surface area contributed by atoms with Gasteiger partial charge >= 0.3 is 6.03 Å². The zero-order chi connectivity index (χ0) is 25.0. The van der Waals surface area contributed by atoms with Crippen molar-refractivity contribution in [1.82, 2.24) is 15.5 Å². The van der Waals surface area contributed by atoms with Crippen LogP contribution >= 0.6 is 11.6 Å². The number of halogens is 1. The summed E-state index contributed by atoms with van der Waals surface area (Å²) >= 11 is 6.08. The summed E-state index contributed by atoms with van der Waals surface area (Å²) in [5.74, 6) is 0.652. The van der Waals surface area contributed by atoms with Crippen molar-refractivity contribution >= 4 is 34.9 Å². The molecule has 1 heterocycles. The van der Waals surface area contributed by atoms with Gasteiger partial charge in [0.05, 0.1) is 23.4 Å². The van der Waals surface area contributed by atoms with Crippen molar-refractivity contribution in [2.45, 2.75) is 32.1 Å². The van der Waals surface area contributed by atoms with E-state index < -0.39 is 0 Å². The summed E-state index contributed by atoms with van der Waals surface area (Å²) < 4.78 is 5.27. The number of carbonyl (C=O) groups excluding carboxylic acids is 2. The summed E-state index contributed by atoms with van der Waals surface area (Å²) in [7, 11) is 1.51. The molecule has 0 unspecified atom stereocenters. The van der Waals surface area contributed by atoms with Gasteiger partial charge in [-0.15, -0.1) is 0 Å². The number of rotatable bonds is 12. The fraction of sp³-hybridized carbons (Fsp3) is 0.462. The maximum Gasteiger partial charge on any atom is 0.319 e. The molecule has 0 saturated carbocycles. The third-order valence-electron chi connectivity index (χ3n) is 6.20. The number of hydrogen-bond acceptors (Lipinski definition) is 5. The number of nitrogens with two attached hydrogens (primary N) is 1. The highest BCUT2D eigenvalue weighted by atomic mass is 35.5. The van der Waals surface area contributed by atoms with E-state index in [4.69, 9.17) is 22.1 Å². The number of amides is 3. The Balaban J connectivity index is 1.24. The van der Waals surface area contributed by atoms with Crippen molar-refractivity contribution in [3.05, 3.63) is 53.1 Å². The number of nitrogens with zero attached hydrogens (tertiary/aromatic N) is 1. The predicted octanol–water partition coefficient (Wildman–Crippen LogP) is 4.36. The molecule has 1 atom stereocenters. The number of nitrogens with one attached hydrogen (secondary N) is 3. The summed E-state index contributed by atoms with van der Waals surface area (Å²) in [5.41, 5.74) is 7.37. The van der Waals surface area contributed by atoms with Crippen LogP contribution in [-0.2, 0) is 0 Å². The lowest BCUT2D eigenvalue weighted by molar-refractivity contribution is 0.0944. The molecule has 35 heavy (non-hydrogen) atoms. The Hall–Kier alpha value is -2.97. The van der Waals surface area contributed by atoms with Gasteiger partial charge in [-0.25, -0.2) is 4.79 Å². The molecule has 1 aliphatic rings. The first kappa shape index (κ1) is 26.6. The topological polar surface area (TPSA) is 109 Å². The summed E-state index contributed by atoms with van der Waals surface area (Å²) in [4.78, 5) is 27.0. The van der Waals surface area contributed by atoms with E-state index >= 15 is 0 Å². The fourth-order valence-corrected chi connectivity index (χ4v) is 4.41. The van der Waals surface area contributed by atoms with Crippen molar-refractivity contribution in [1.29, 1.82) is 0 Å². The number of carbonyl (C=O) groups is 2. The lowest BCUT2D eigenvalue weighted by Gasteiger charge is -2.17. The highest BCUT2D eigenvalue weighted by Gasteiger charge is 2.23. The van der Waals surface area contributed by atoms with Crippen molar-refractivity contribution in [3.8, 4) is 5.75 Å². The number of benzene rings is 2. The van der Waals surface area contributed by atoms with Gasteiger partial charge in [-0.05, 0) is 56.5 Å². The van der Waals surface area contributed by atoms with E-state index in [1.54, 1.807) is 12.1 Å². The Morgan fingerprint density at radius 2 is 1.89 bits per heavy atom. The summed E-state index contributed by atoms with van der Waals surface area (Å²) in [6.45, 7) is 4.40. The Labute approximate surface area is 212 Å². The molecule has 190 valence electrons. The van der Waals surface area contributed by atoms with E-state index in [0.29, 0.717) is 41.0 Å². The lowest BCUT2D eigenvalue weighted by atomic mass is 10.1. The second kappa shape index (κ2) is 13.8. The summed E-state index contributed by atoms with van der Waals surface area (Å²) in [6.07, 6.45) is 5.40. The Bertz CT molecular complexity index is 973. The van der Waals surface area contributed by atoms with Crippen LogP contribution in [-0.4, -0.2) is 56.7 Å². The Morgan fingerprint density at radius 1 is 1.11 bits per heavy atom. The molecule has 5 N–H and O–H groups in total. The van der Waals surface area contributed by atoms with Crippen LogP contribution < -0.4 is 26.4 Å². The molecule has 0 radical (unpaired) electrons. The second-order valence-corrected chi connectivity index (χ2v) is 9.31. The van der Waals surface area contributed by atoms with Gasteiger partial charge < -0.3 is 31.3 Å². The van der Waals surface area contributed by atoms with Gasteiger partial charge in [0.1, 0.15) is 5.75 Å². The number of hydrogen-bond donors (Lipinski definition) is 4. The first-order chi connectivity index (χ1) is 17.0. The number of nitrogen functional groups attached to an aromatic ring is 1. The minimum Gasteiger partial charge on any atom is -0.496 e. The van der Waals surface area contributed by atoms with Gasteiger partial charge in [-0.3, -0.25) is 4.79 Å². The van der Waals surface area contributed by atoms with Gasteiger partial charge in [-0.2, -0.15) is 0 Å². The molecule has 1 fully saturated rings. The zero-order valence-electron chi connectivity index (χ0n) is 20.3. The van der Waals surface area contributed by atoms with Crippen LogP contribution in [0.1, 0.15) is 42.5 Å². The molecular weight excluding hydrogens is 466 g/mol. The van der Waals surface area contributed by atoms with Gasteiger partial charge in [0.2, 0.25) is 0 Å². The average molecular weight is 502 g/mol. The van der Waals surface area contributed by atoms with E-state index in [1.807, 2.05) is 30.3 Å². The maximum atomic E-state index is 12.6. The molecule has 2 aromatic rings. The van der Waals surface area contributed by atoms with Crippen LogP contribution in [0.15, 0.2) is 42.5 Å². The molecule has 0 aliphatic carbocycles. The van der Waals surface area contributed by atoms with E-state index in [-0.39, 0.29) is 11.9 Å². The van der Waals surface area contributed by atoms with Gasteiger partial charge in [0, 0.05) is 31.4 Å². The molecule has 9 heteroatoms. The van der Waals surface area contributed by atoms with Crippen LogP contribution in [0.4, 0.5) is 16.2 Å². The van der Waals surface area contributed by atoms with Crippen LogP contribution in [0.25, 0.3) is 0 Å². The SMILES string of the molecule is COc1cc(N)c(Cl)cc1C(=O)NC[C@@H]1CCN(CCCCCCNC(=O)Nc2ccccc2)C1. The van der Waals surface area contributed by atoms with Crippen molar-refractivity contribution in [2.24, 2.45) is 5.92 Å². The fourth-order valence-electron chi connectivity index (χ4n) is 4.24. The van der Waals surface area contributed by atoms with E-state index in [0.717, 1.165) is 57.4 Å². The predicted molar refractivity (Wildman–Crippen MR) is 141 cm³/mol. The van der Waals surface area contributed by atoms with E-state index in [2.05, 4.69) is 20.9 Å². The average Bonchev–Trinajstić information content (AvgIpc) is 3.31. The highest BCUT2D eigenvalue weighted by Crippen LogP contribution is 2.29. The smallest absolute Gasteiger partial charge is 0.319 e. The molecule has 8 nitrogen and oxygen atoms in total. The zero-order valence-corrected chi connectivity index (χ0v) is 21.1. The number of urea groups is 1. The molecular formula is C26H36ClN5O3. The minimum atomic E-state index is -0.201. The van der Waals surface area contributed by atoms with Crippen molar-refractivity contribution in [3.63, 3.8) is 0 Å². The molecule has 0 bridgehead atoms. The first-order valence-corrected chi connectivity index (χ1v) is 12.6. The van der Waals surface area contributed by atoms with Crippen LogP contribution in [0, 0.1) is 5.92 Å². The van der Waals surface area contributed by atoms with Crippen molar-refractivity contribution in [2.75, 3.05) is 50.9 Å². The van der Waals surface area contributed by atoms with E-state index in [9.17, 15) is 9.59 Å². The molecule has 1 aliphatic heterocycles. The third-order valence-corrected chi connectivity index (χ3v) is 6.53.